The van der Waals surface area contributed by atoms with Gasteiger partial charge >= 0.3 is 0 Å². The third-order valence-corrected chi connectivity index (χ3v) is 10.6. The lowest BCUT2D eigenvalue weighted by Gasteiger charge is -2.55. The van der Waals surface area contributed by atoms with Crippen LogP contribution in [0.4, 0.5) is 5.69 Å². The van der Waals surface area contributed by atoms with E-state index in [0.29, 0.717) is 30.4 Å². The number of hydrogen-bond acceptors (Lipinski definition) is 4. The molecule has 1 aliphatic heterocycles. The number of para-hydroxylation sites is 1. The van der Waals surface area contributed by atoms with Gasteiger partial charge in [0, 0.05) is 31.9 Å². The number of carbonyl (C=O) groups is 1. The highest BCUT2D eigenvalue weighted by Crippen LogP contribution is 2.71. The fourth-order valence-electron chi connectivity index (χ4n) is 3.63. The van der Waals surface area contributed by atoms with Gasteiger partial charge < -0.3 is 12.2 Å². The number of carbonyl (C=O) groups excluding carboxylic acids is 1. The number of fused-ring (bicyclic) bond motifs is 1. The van der Waals surface area contributed by atoms with Crippen LogP contribution in [0.2, 0.25) is 0 Å². The van der Waals surface area contributed by atoms with Gasteiger partial charge in [-0.25, -0.2) is 4.67 Å². The lowest BCUT2D eigenvalue weighted by molar-refractivity contribution is 0.0819. The van der Waals surface area contributed by atoms with Crippen molar-refractivity contribution >= 4 is 54.0 Å². The fraction of sp³-hybridized carbons (Fsp3) is 0.350. The molecule has 0 aromatic heterocycles. The Bertz CT molecular complexity index is 822. The lowest BCUT2D eigenvalue weighted by atomic mass is 10.1. The average Bonchev–Trinajstić information content (AvgIpc) is 2.72. The zero-order valence-corrected chi connectivity index (χ0v) is 19.2. The molecule has 1 unspecified atom stereocenters. The number of amides is 1. The van der Waals surface area contributed by atoms with Crippen LogP contribution in [0.15, 0.2) is 54.6 Å². The van der Waals surface area contributed by atoms with Crippen LogP contribution < -0.4 is 4.67 Å². The van der Waals surface area contributed by atoms with Gasteiger partial charge in [-0.05, 0) is 24.6 Å². The number of nitrogens with zero attached hydrogens (tertiary/aromatic N) is 3. The van der Waals surface area contributed by atoms with Gasteiger partial charge in [-0.15, -0.1) is 23.2 Å². The Morgan fingerprint density at radius 1 is 1.04 bits per heavy atom. The standard InChI is InChI=1S/C20H24Cl2N3OPS/c1-16(17-8-4-3-5-9-17)25-20(26)18-10-6-7-11-19(18)23(2)27(25,28)24(14-12-21)15-13-22/h3-11,16H,12-15H2,1-2H3/t16-,27?/m1/s1. The molecule has 3 rings (SSSR count). The summed E-state index contributed by atoms with van der Waals surface area (Å²) in [4.78, 5) is 13.7. The second-order valence-corrected chi connectivity index (χ2v) is 11.5. The first kappa shape index (κ1) is 21.7. The van der Waals surface area contributed by atoms with Crippen LogP contribution in [-0.4, -0.2) is 47.1 Å². The van der Waals surface area contributed by atoms with Crippen LogP contribution in [0.3, 0.4) is 0 Å². The van der Waals surface area contributed by atoms with Crippen molar-refractivity contribution in [1.82, 2.24) is 9.34 Å². The van der Waals surface area contributed by atoms with E-state index in [9.17, 15) is 4.79 Å². The van der Waals surface area contributed by atoms with E-state index in [1.165, 1.54) is 0 Å². The number of rotatable bonds is 7. The van der Waals surface area contributed by atoms with E-state index in [2.05, 4.69) is 9.34 Å². The van der Waals surface area contributed by atoms with Crippen LogP contribution in [0.25, 0.3) is 0 Å². The summed E-state index contributed by atoms with van der Waals surface area (Å²) in [5.41, 5.74) is 2.58. The van der Waals surface area contributed by atoms with Crippen molar-refractivity contribution in [2.75, 3.05) is 36.6 Å². The summed E-state index contributed by atoms with van der Waals surface area (Å²) in [5, 5.41) is 0. The second kappa shape index (κ2) is 9.23. The Kier molecular flexibility index (Phi) is 7.17. The first-order valence-corrected chi connectivity index (χ1v) is 12.9. The third kappa shape index (κ3) is 3.76. The Hall–Kier alpha value is -0.970. The molecule has 0 saturated carbocycles. The average molecular weight is 456 g/mol. The predicted molar refractivity (Wildman–Crippen MR) is 123 cm³/mol. The van der Waals surface area contributed by atoms with Crippen LogP contribution in [0.5, 0.6) is 0 Å². The molecule has 28 heavy (non-hydrogen) atoms. The zero-order chi connectivity index (χ0) is 20.3. The number of alkyl halides is 2. The molecule has 2 aromatic carbocycles. The Labute approximate surface area is 183 Å². The maximum absolute atomic E-state index is 13.7. The monoisotopic (exact) mass is 455 g/mol. The molecule has 0 spiro atoms. The van der Waals surface area contributed by atoms with Gasteiger partial charge in [0.1, 0.15) is 0 Å². The molecule has 0 saturated heterocycles. The van der Waals surface area contributed by atoms with Gasteiger partial charge in [0.25, 0.3) is 5.91 Å². The molecule has 0 radical (unpaired) electrons. The largest absolute Gasteiger partial charge is 0.488 e. The van der Waals surface area contributed by atoms with Gasteiger partial charge in [-0.1, -0.05) is 42.5 Å². The number of benzene rings is 2. The fourth-order valence-corrected chi connectivity index (χ4v) is 8.72. The van der Waals surface area contributed by atoms with E-state index in [-0.39, 0.29) is 11.9 Å². The smallest absolute Gasteiger partial charge is 0.289 e. The van der Waals surface area contributed by atoms with E-state index in [1.54, 1.807) is 0 Å². The molecule has 2 aromatic rings. The predicted octanol–water partition coefficient (Wildman–Crippen LogP) is 5.34. The van der Waals surface area contributed by atoms with Crippen molar-refractivity contribution in [3.05, 3.63) is 65.7 Å². The first-order chi connectivity index (χ1) is 13.5. The molecule has 8 heteroatoms. The minimum absolute atomic E-state index is 0.0393. The molecule has 4 nitrogen and oxygen atoms in total. The number of halogens is 2. The van der Waals surface area contributed by atoms with Crippen molar-refractivity contribution in [2.24, 2.45) is 0 Å². The Morgan fingerprint density at radius 3 is 2.21 bits per heavy atom. The first-order valence-electron chi connectivity index (χ1n) is 9.16. The highest BCUT2D eigenvalue weighted by Gasteiger charge is 2.53. The summed E-state index contributed by atoms with van der Waals surface area (Å²) < 4.78 is 6.10. The molecule has 0 aliphatic carbocycles. The molecule has 150 valence electrons. The summed E-state index contributed by atoms with van der Waals surface area (Å²) >= 11 is 18.5. The van der Waals surface area contributed by atoms with E-state index in [1.807, 2.05) is 73.2 Å². The molecule has 0 bridgehead atoms. The highest BCUT2D eigenvalue weighted by atomic mass is 35.5. The minimum atomic E-state index is -2.65. The quantitative estimate of drug-likeness (QED) is 0.319. The van der Waals surface area contributed by atoms with Gasteiger partial charge in [-0.3, -0.25) is 4.79 Å². The van der Waals surface area contributed by atoms with Gasteiger partial charge in [0.2, 0.25) is 0 Å². The maximum atomic E-state index is 13.7. The summed E-state index contributed by atoms with van der Waals surface area (Å²) in [7, 11) is 1.98. The molecule has 1 amide bonds. The third-order valence-electron chi connectivity index (χ3n) is 5.07. The minimum Gasteiger partial charge on any atom is -0.488 e. The van der Waals surface area contributed by atoms with E-state index >= 15 is 0 Å². The summed E-state index contributed by atoms with van der Waals surface area (Å²) in [6, 6.07) is 17.5. The highest BCUT2D eigenvalue weighted by molar-refractivity contribution is 8.41. The summed E-state index contributed by atoms with van der Waals surface area (Å²) in [6.07, 6.45) is 0. The van der Waals surface area contributed by atoms with Crippen LogP contribution in [0, 0.1) is 0 Å². The topological polar surface area (TPSA) is 26.8 Å². The van der Waals surface area contributed by atoms with Crippen molar-refractivity contribution in [1.29, 1.82) is 0 Å². The molecule has 1 aliphatic rings. The van der Waals surface area contributed by atoms with Crippen molar-refractivity contribution in [3.8, 4) is 0 Å². The van der Waals surface area contributed by atoms with Crippen LogP contribution in [-0.2, 0) is 12.2 Å². The Morgan fingerprint density at radius 2 is 1.61 bits per heavy atom. The summed E-state index contributed by atoms with van der Waals surface area (Å²) in [5.74, 6) is 0.807. The van der Waals surface area contributed by atoms with Crippen LogP contribution in [0.1, 0.15) is 28.9 Å². The molecular weight excluding hydrogens is 432 g/mol. The number of anilines is 1. The zero-order valence-electron chi connectivity index (χ0n) is 16.0. The van der Waals surface area contributed by atoms with E-state index in [0.717, 1.165) is 11.3 Å². The summed E-state index contributed by atoms with van der Waals surface area (Å²) in [6.45, 7) is 0.530. The van der Waals surface area contributed by atoms with E-state index < -0.39 is 6.92 Å². The molecule has 1 heterocycles. The molecule has 0 fully saturated rings. The molecular formula is C20H24Cl2N3OPS. The van der Waals surface area contributed by atoms with Gasteiger partial charge in [0.05, 0.1) is 17.3 Å². The second-order valence-electron chi connectivity index (χ2n) is 6.62. The lowest BCUT2D eigenvalue weighted by Crippen LogP contribution is -2.50. The molecule has 0 N–H and O–H groups in total. The van der Waals surface area contributed by atoms with Crippen LogP contribution >= 0.6 is 30.1 Å². The van der Waals surface area contributed by atoms with Gasteiger partial charge in [-0.2, -0.15) is 9.34 Å². The van der Waals surface area contributed by atoms with Crippen molar-refractivity contribution in [3.63, 3.8) is 0 Å². The molecule has 2 atom stereocenters. The van der Waals surface area contributed by atoms with E-state index in [4.69, 9.17) is 35.5 Å². The van der Waals surface area contributed by atoms with Gasteiger partial charge in [0.15, 0.2) is 6.92 Å². The SMILES string of the molecule is C[C@H](c1ccccc1)N1C(=O)c2ccccc2N(C)[P+]1([S-])N(CCCl)CCCl. The Balaban J connectivity index is 2.18. The van der Waals surface area contributed by atoms with Crippen molar-refractivity contribution < 1.29 is 4.79 Å². The maximum Gasteiger partial charge on any atom is 0.289 e. The number of hydrogen-bond donors (Lipinski definition) is 0. The van der Waals surface area contributed by atoms with Crippen molar-refractivity contribution in [2.45, 2.75) is 13.0 Å². The normalized spacial score (nSPS) is 20.4.